The summed E-state index contributed by atoms with van der Waals surface area (Å²) in [6.45, 7) is 3.03. The van der Waals surface area contributed by atoms with Crippen LogP contribution in [0.25, 0.3) is 22.3 Å². The number of ether oxygens (including phenoxy) is 2. The molecule has 1 saturated heterocycles. The van der Waals surface area contributed by atoms with Gasteiger partial charge in [-0.1, -0.05) is 6.08 Å². The van der Waals surface area contributed by atoms with Gasteiger partial charge in [0, 0.05) is 38.4 Å². The minimum atomic E-state index is -0.00264. The normalized spacial score (nSPS) is 16.5. The predicted octanol–water partition coefficient (Wildman–Crippen LogP) is 2.38. The van der Waals surface area contributed by atoms with Gasteiger partial charge in [0.2, 0.25) is 5.91 Å². The molecule has 0 saturated carbocycles. The summed E-state index contributed by atoms with van der Waals surface area (Å²) in [7, 11) is 5.59. The van der Waals surface area contributed by atoms with Crippen LogP contribution in [0.3, 0.4) is 0 Å². The van der Waals surface area contributed by atoms with Crippen molar-refractivity contribution in [2.75, 3.05) is 59.8 Å². The monoisotopic (exact) mass is 479 g/mol. The van der Waals surface area contributed by atoms with Gasteiger partial charge in [0.15, 0.2) is 5.65 Å². The zero-order chi connectivity index (χ0) is 24.8. The average Bonchev–Trinajstić information content (AvgIpc) is 3.25. The smallest absolute Gasteiger partial charge is 0.246 e. The van der Waals surface area contributed by atoms with Crippen LogP contribution in [0.15, 0.2) is 42.7 Å². The lowest BCUT2D eigenvalue weighted by atomic mass is 10.1. The highest BCUT2D eigenvalue weighted by Gasteiger charge is 2.28. The predicted molar refractivity (Wildman–Crippen MR) is 135 cm³/mol. The molecule has 10 heteroatoms. The Morgan fingerprint density at radius 3 is 2.77 bits per heavy atom. The molecule has 0 aliphatic carbocycles. The molecular weight excluding hydrogens is 446 g/mol. The number of carbonyl (C=O) groups is 1. The number of nitrogens with zero attached hydrogens (tertiary/aromatic N) is 6. The number of nitrogen functional groups attached to an aromatic ring is 1. The van der Waals surface area contributed by atoms with Gasteiger partial charge in [0.25, 0.3) is 0 Å². The molecule has 186 valence electrons. The van der Waals surface area contributed by atoms with Crippen molar-refractivity contribution in [1.82, 2.24) is 29.5 Å². The number of amides is 1. The number of piperidine rings is 1. The number of likely N-dealkylation sites (tertiary alicyclic amines) is 1. The molecule has 1 atom stereocenters. The molecule has 0 radical (unpaired) electrons. The van der Waals surface area contributed by atoms with Crippen LogP contribution in [-0.2, 0) is 9.53 Å². The van der Waals surface area contributed by atoms with Crippen LogP contribution in [0.1, 0.15) is 18.9 Å². The van der Waals surface area contributed by atoms with Crippen molar-refractivity contribution >= 4 is 22.8 Å². The van der Waals surface area contributed by atoms with Crippen LogP contribution in [-0.4, -0.2) is 89.5 Å². The molecule has 0 unspecified atom stereocenters. The van der Waals surface area contributed by atoms with E-state index in [9.17, 15) is 4.79 Å². The van der Waals surface area contributed by atoms with Crippen molar-refractivity contribution in [2.45, 2.75) is 18.9 Å². The van der Waals surface area contributed by atoms with E-state index in [1.807, 2.05) is 58.9 Å². The molecule has 1 amide bonds. The topological polar surface area (TPSA) is 112 Å². The van der Waals surface area contributed by atoms with Crippen LogP contribution >= 0.6 is 0 Å². The average molecular weight is 480 g/mol. The van der Waals surface area contributed by atoms with Gasteiger partial charge in [-0.3, -0.25) is 4.79 Å². The number of carbonyl (C=O) groups excluding carboxylic acids is 1. The highest BCUT2D eigenvalue weighted by atomic mass is 16.5. The molecule has 10 nitrogen and oxygen atoms in total. The number of hydrogen-bond donors (Lipinski definition) is 1. The number of nitrogens with two attached hydrogens (primary N) is 1. The van der Waals surface area contributed by atoms with Crippen LogP contribution in [0, 0.1) is 0 Å². The Hall–Kier alpha value is -3.50. The summed E-state index contributed by atoms with van der Waals surface area (Å²) in [4.78, 5) is 25.4. The van der Waals surface area contributed by atoms with Crippen molar-refractivity contribution in [3.8, 4) is 17.0 Å². The van der Waals surface area contributed by atoms with E-state index in [0.717, 1.165) is 48.3 Å². The van der Waals surface area contributed by atoms with Crippen LogP contribution in [0.4, 0.5) is 5.82 Å². The van der Waals surface area contributed by atoms with E-state index in [2.05, 4.69) is 9.97 Å². The Labute approximate surface area is 205 Å². The van der Waals surface area contributed by atoms with Gasteiger partial charge >= 0.3 is 0 Å². The number of methoxy groups -OCH3 is 1. The molecule has 3 aromatic rings. The maximum Gasteiger partial charge on any atom is 0.246 e. The minimum absolute atomic E-state index is 0.00264. The number of anilines is 1. The summed E-state index contributed by atoms with van der Waals surface area (Å²) in [6.07, 6.45) is 6.80. The number of aromatic nitrogens is 4. The van der Waals surface area contributed by atoms with Crippen LogP contribution < -0.4 is 10.5 Å². The van der Waals surface area contributed by atoms with Crippen LogP contribution in [0.2, 0.25) is 0 Å². The largest absolute Gasteiger partial charge is 0.491 e. The number of hydrogen-bond acceptors (Lipinski definition) is 8. The molecule has 35 heavy (non-hydrogen) atoms. The molecular formula is C25H33N7O3. The lowest BCUT2D eigenvalue weighted by Gasteiger charge is -2.32. The fraction of sp³-hybridized carbons (Fsp3) is 0.440. The Morgan fingerprint density at radius 1 is 1.23 bits per heavy atom. The Bertz CT molecular complexity index is 1170. The van der Waals surface area contributed by atoms with Gasteiger partial charge in [-0.2, -0.15) is 5.10 Å². The van der Waals surface area contributed by atoms with Gasteiger partial charge in [0.05, 0.1) is 18.0 Å². The second-order valence-electron chi connectivity index (χ2n) is 8.86. The quantitative estimate of drug-likeness (QED) is 0.368. The number of rotatable bonds is 9. The van der Waals surface area contributed by atoms with E-state index >= 15 is 0 Å². The summed E-state index contributed by atoms with van der Waals surface area (Å²) in [5.74, 6) is 1.15. The van der Waals surface area contributed by atoms with Crippen molar-refractivity contribution in [3.63, 3.8) is 0 Å². The maximum atomic E-state index is 12.8. The lowest BCUT2D eigenvalue weighted by molar-refractivity contribution is -0.127. The molecule has 1 aliphatic heterocycles. The number of fused-ring (bicyclic) bond motifs is 1. The SMILES string of the molecule is COCCOc1ccc(-c2nn([C@@H]3CCCN(C(=O)/C=C/CN(C)C)C3)c3ncnc(N)c23)cc1. The zero-order valence-electron chi connectivity index (χ0n) is 20.6. The lowest BCUT2D eigenvalue weighted by Crippen LogP contribution is -2.40. The third kappa shape index (κ3) is 5.77. The molecule has 3 heterocycles. The van der Waals surface area contributed by atoms with E-state index in [-0.39, 0.29) is 11.9 Å². The van der Waals surface area contributed by atoms with E-state index in [1.165, 1.54) is 6.33 Å². The Kier molecular flexibility index (Phi) is 7.94. The van der Waals surface area contributed by atoms with E-state index in [0.29, 0.717) is 31.2 Å². The highest BCUT2D eigenvalue weighted by molar-refractivity contribution is 5.98. The first-order chi connectivity index (χ1) is 17.0. The van der Waals surface area contributed by atoms with Crippen molar-refractivity contribution in [3.05, 3.63) is 42.7 Å². The van der Waals surface area contributed by atoms with E-state index in [1.54, 1.807) is 13.2 Å². The van der Waals surface area contributed by atoms with E-state index in [4.69, 9.17) is 20.3 Å². The number of benzene rings is 1. The molecule has 0 bridgehead atoms. The molecule has 1 fully saturated rings. The third-order valence-electron chi connectivity index (χ3n) is 5.99. The molecule has 1 aliphatic rings. The molecule has 0 spiro atoms. The molecule has 2 aromatic heterocycles. The summed E-state index contributed by atoms with van der Waals surface area (Å²) in [5.41, 5.74) is 8.57. The standard InChI is InChI=1S/C25H33N7O3/c1-30(2)12-5-7-21(33)31-13-4-6-19(16-31)32-25-22(24(26)27-17-28-25)23(29-32)18-8-10-20(11-9-18)35-15-14-34-3/h5,7-11,17,19H,4,6,12-16H2,1-3H3,(H2,26,27,28)/b7-5+/t19-/m1/s1. The summed E-state index contributed by atoms with van der Waals surface area (Å²) < 4.78 is 12.6. The molecule has 1 aromatic carbocycles. The second kappa shape index (κ2) is 11.3. The fourth-order valence-corrected chi connectivity index (χ4v) is 4.23. The van der Waals surface area contributed by atoms with Gasteiger partial charge < -0.3 is 25.0 Å². The minimum Gasteiger partial charge on any atom is -0.491 e. The van der Waals surface area contributed by atoms with Crippen molar-refractivity contribution < 1.29 is 14.3 Å². The first-order valence-corrected chi connectivity index (χ1v) is 11.8. The van der Waals surface area contributed by atoms with Gasteiger partial charge in [-0.15, -0.1) is 0 Å². The highest BCUT2D eigenvalue weighted by Crippen LogP contribution is 2.34. The van der Waals surface area contributed by atoms with Crippen molar-refractivity contribution in [1.29, 1.82) is 0 Å². The maximum absolute atomic E-state index is 12.8. The van der Waals surface area contributed by atoms with Crippen molar-refractivity contribution in [2.24, 2.45) is 0 Å². The molecule has 2 N–H and O–H groups in total. The summed E-state index contributed by atoms with van der Waals surface area (Å²) >= 11 is 0. The summed E-state index contributed by atoms with van der Waals surface area (Å²) in [6, 6.07) is 7.70. The molecule has 4 rings (SSSR count). The Balaban J connectivity index is 1.60. The zero-order valence-corrected chi connectivity index (χ0v) is 20.6. The van der Waals surface area contributed by atoms with Gasteiger partial charge in [-0.25, -0.2) is 14.6 Å². The summed E-state index contributed by atoms with van der Waals surface area (Å²) in [5, 5.41) is 5.66. The number of likely N-dealkylation sites (N-methyl/N-ethyl adjacent to an activating group) is 1. The first kappa shape index (κ1) is 24.6. The second-order valence-corrected chi connectivity index (χ2v) is 8.86. The van der Waals surface area contributed by atoms with Crippen LogP contribution in [0.5, 0.6) is 5.75 Å². The Morgan fingerprint density at radius 2 is 2.03 bits per heavy atom. The third-order valence-corrected chi connectivity index (χ3v) is 5.99. The van der Waals surface area contributed by atoms with E-state index < -0.39 is 0 Å². The fourth-order valence-electron chi connectivity index (χ4n) is 4.23. The van der Waals surface area contributed by atoms with Gasteiger partial charge in [-0.05, 0) is 51.2 Å². The first-order valence-electron chi connectivity index (χ1n) is 11.8. The van der Waals surface area contributed by atoms with Gasteiger partial charge in [0.1, 0.15) is 30.2 Å².